The molecular formula is C5H5N5. The molecule has 2 aromatic rings. The Morgan fingerprint density at radius 1 is 1.50 bits per heavy atom. The third-order valence-electron chi connectivity index (χ3n) is 1.25. The molecule has 2 aromatic heterocycles. The van der Waals surface area contributed by atoms with Crippen molar-refractivity contribution in [3.63, 3.8) is 0 Å². The van der Waals surface area contributed by atoms with E-state index in [9.17, 15) is 0 Å². The molecule has 0 saturated heterocycles. The van der Waals surface area contributed by atoms with Crippen molar-refractivity contribution in [2.75, 3.05) is 5.73 Å². The Morgan fingerprint density at radius 2 is 2.40 bits per heavy atom. The summed E-state index contributed by atoms with van der Waals surface area (Å²) in [6.45, 7) is 0. The minimum Gasteiger partial charge on any atom is -0.368 e. The minimum absolute atomic E-state index is 0.356. The molecule has 0 radical (unpaired) electrons. The highest BCUT2D eigenvalue weighted by molar-refractivity contribution is 5.39. The second kappa shape index (κ2) is 1.66. The van der Waals surface area contributed by atoms with Crippen LogP contribution in [0.15, 0.2) is 18.6 Å². The monoisotopic (exact) mass is 135 g/mol. The van der Waals surface area contributed by atoms with Crippen molar-refractivity contribution in [3.05, 3.63) is 18.6 Å². The Hall–Kier alpha value is -1.65. The zero-order valence-electron chi connectivity index (χ0n) is 5.10. The SMILES string of the molecule is Nc1nncc2nccn12. The van der Waals surface area contributed by atoms with E-state index >= 15 is 0 Å². The molecule has 0 amide bonds. The van der Waals surface area contributed by atoms with E-state index in [-0.39, 0.29) is 0 Å². The first-order chi connectivity index (χ1) is 4.88. The number of aromatic nitrogens is 4. The molecule has 2 N–H and O–H groups in total. The second-order valence-corrected chi connectivity index (χ2v) is 1.86. The number of rotatable bonds is 0. The van der Waals surface area contributed by atoms with Crippen LogP contribution in [-0.4, -0.2) is 19.6 Å². The molecular weight excluding hydrogens is 130 g/mol. The van der Waals surface area contributed by atoms with Crippen LogP contribution < -0.4 is 5.73 Å². The van der Waals surface area contributed by atoms with E-state index in [1.807, 2.05) is 0 Å². The normalized spacial score (nSPS) is 10.4. The van der Waals surface area contributed by atoms with Crippen LogP contribution in [0.1, 0.15) is 0 Å². The molecule has 2 heterocycles. The van der Waals surface area contributed by atoms with E-state index in [1.54, 1.807) is 23.0 Å². The maximum atomic E-state index is 5.45. The first kappa shape index (κ1) is 5.16. The maximum absolute atomic E-state index is 5.45. The third-order valence-corrected chi connectivity index (χ3v) is 1.25. The van der Waals surface area contributed by atoms with E-state index in [2.05, 4.69) is 15.2 Å². The Labute approximate surface area is 56.5 Å². The van der Waals surface area contributed by atoms with Crippen LogP contribution in [0, 0.1) is 0 Å². The van der Waals surface area contributed by atoms with Gasteiger partial charge < -0.3 is 5.73 Å². The van der Waals surface area contributed by atoms with Crippen LogP contribution in [0.5, 0.6) is 0 Å². The zero-order valence-corrected chi connectivity index (χ0v) is 5.10. The molecule has 5 nitrogen and oxygen atoms in total. The smallest absolute Gasteiger partial charge is 0.226 e. The number of nitrogens with two attached hydrogens (primary N) is 1. The van der Waals surface area contributed by atoms with Crippen molar-refractivity contribution >= 4 is 11.6 Å². The fraction of sp³-hybridized carbons (Fsp3) is 0. The van der Waals surface area contributed by atoms with E-state index in [1.165, 1.54) is 0 Å². The van der Waals surface area contributed by atoms with Crippen LogP contribution in [0.4, 0.5) is 5.95 Å². The summed E-state index contributed by atoms with van der Waals surface area (Å²) < 4.78 is 1.66. The van der Waals surface area contributed by atoms with E-state index in [0.717, 1.165) is 0 Å². The lowest BCUT2D eigenvalue weighted by Gasteiger charge is -1.92. The first-order valence-corrected chi connectivity index (χ1v) is 2.78. The molecule has 0 aliphatic carbocycles. The number of nitrogen functional groups attached to an aromatic ring is 1. The number of imidazole rings is 1. The molecule has 50 valence electrons. The highest BCUT2D eigenvalue weighted by Crippen LogP contribution is 1.99. The summed E-state index contributed by atoms with van der Waals surface area (Å²) in [5, 5.41) is 7.26. The zero-order chi connectivity index (χ0) is 6.97. The summed E-state index contributed by atoms with van der Waals surface area (Å²) >= 11 is 0. The molecule has 10 heavy (non-hydrogen) atoms. The number of hydrogen-bond acceptors (Lipinski definition) is 4. The number of nitrogens with zero attached hydrogens (tertiary/aromatic N) is 4. The average molecular weight is 135 g/mol. The van der Waals surface area contributed by atoms with Gasteiger partial charge in [-0.3, -0.25) is 4.40 Å². The van der Waals surface area contributed by atoms with E-state index in [0.29, 0.717) is 11.6 Å². The van der Waals surface area contributed by atoms with Crippen LogP contribution in [0.2, 0.25) is 0 Å². The van der Waals surface area contributed by atoms with Gasteiger partial charge in [-0.05, 0) is 0 Å². The quantitative estimate of drug-likeness (QED) is 0.538. The van der Waals surface area contributed by atoms with Gasteiger partial charge in [0.05, 0.1) is 6.20 Å². The lowest BCUT2D eigenvalue weighted by molar-refractivity contribution is 0.963. The number of hydrogen-bond donors (Lipinski definition) is 1. The van der Waals surface area contributed by atoms with Crippen LogP contribution in [0.25, 0.3) is 5.65 Å². The van der Waals surface area contributed by atoms with Gasteiger partial charge in [-0.1, -0.05) is 0 Å². The summed E-state index contributed by atoms with van der Waals surface area (Å²) in [5.74, 6) is 0.356. The minimum atomic E-state index is 0.356. The summed E-state index contributed by atoms with van der Waals surface area (Å²) in [6, 6.07) is 0. The van der Waals surface area contributed by atoms with E-state index < -0.39 is 0 Å². The van der Waals surface area contributed by atoms with Gasteiger partial charge in [0.2, 0.25) is 5.95 Å². The van der Waals surface area contributed by atoms with Gasteiger partial charge in [0.15, 0.2) is 5.65 Å². The fourth-order valence-corrected chi connectivity index (χ4v) is 0.792. The Kier molecular flexibility index (Phi) is 0.858. The summed E-state index contributed by atoms with van der Waals surface area (Å²) in [5.41, 5.74) is 6.17. The molecule has 0 spiro atoms. The standard InChI is InChI=1S/C5H5N5/c6-5-9-8-3-4-7-1-2-10(4)5/h1-3H,(H2,6,9). The molecule has 0 unspecified atom stereocenters. The lowest BCUT2D eigenvalue weighted by Crippen LogP contribution is -2.00. The van der Waals surface area contributed by atoms with Gasteiger partial charge in [0.25, 0.3) is 0 Å². The van der Waals surface area contributed by atoms with Crippen molar-refractivity contribution in [2.45, 2.75) is 0 Å². The van der Waals surface area contributed by atoms with Crippen molar-refractivity contribution in [2.24, 2.45) is 0 Å². The predicted molar refractivity (Wildman–Crippen MR) is 35.2 cm³/mol. The molecule has 0 fully saturated rings. The highest BCUT2D eigenvalue weighted by atomic mass is 15.2. The van der Waals surface area contributed by atoms with Gasteiger partial charge in [0, 0.05) is 12.4 Å². The largest absolute Gasteiger partial charge is 0.368 e. The summed E-state index contributed by atoms with van der Waals surface area (Å²) in [6.07, 6.45) is 4.94. The van der Waals surface area contributed by atoms with Gasteiger partial charge in [-0.15, -0.1) is 5.10 Å². The maximum Gasteiger partial charge on any atom is 0.226 e. The fourth-order valence-electron chi connectivity index (χ4n) is 0.792. The second-order valence-electron chi connectivity index (χ2n) is 1.86. The molecule has 0 aliphatic rings. The van der Waals surface area contributed by atoms with Gasteiger partial charge in [-0.2, -0.15) is 5.10 Å². The molecule has 2 rings (SSSR count). The third kappa shape index (κ3) is 0.540. The van der Waals surface area contributed by atoms with Gasteiger partial charge in [-0.25, -0.2) is 4.98 Å². The molecule has 5 heteroatoms. The summed E-state index contributed by atoms with van der Waals surface area (Å²) in [4.78, 5) is 3.96. The molecule has 0 aliphatic heterocycles. The molecule has 0 bridgehead atoms. The first-order valence-electron chi connectivity index (χ1n) is 2.78. The van der Waals surface area contributed by atoms with Crippen molar-refractivity contribution in [3.8, 4) is 0 Å². The number of fused-ring (bicyclic) bond motifs is 1. The van der Waals surface area contributed by atoms with Gasteiger partial charge >= 0.3 is 0 Å². The van der Waals surface area contributed by atoms with Gasteiger partial charge in [0.1, 0.15) is 0 Å². The Morgan fingerprint density at radius 3 is 3.20 bits per heavy atom. The Balaban J connectivity index is 2.95. The molecule has 0 atom stereocenters. The molecule has 0 aromatic carbocycles. The van der Waals surface area contributed by atoms with Crippen LogP contribution in [0.3, 0.4) is 0 Å². The highest BCUT2D eigenvalue weighted by Gasteiger charge is 1.95. The Bertz CT molecular complexity index is 352. The van der Waals surface area contributed by atoms with Crippen LogP contribution in [-0.2, 0) is 0 Å². The topological polar surface area (TPSA) is 69.1 Å². The lowest BCUT2D eigenvalue weighted by atomic mass is 10.8. The average Bonchev–Trinajstić information content (AvgIpc) is 2.36. The van der Waals surface area contributed by atoms with Crippen molar-refractivity contribution < 1.29 is 0 Å². The molecule has 0 saturated carbocycles. The number of anilines is 1. The van der Waals surface area contributed by atoms with Crippen molar-refractivity contribution in [1.29, 1.82) is 0 Å². The predicted octanol–water partition coefficient (Wildman–Crippen LogP) is -0.294. The summed E-state index contributed by atoms with van der Waals surface area (Å²) in [7, 11) is 0. The van der Waals surface area contributed by atoms with Crippen molar-refractivity contribution in [1.82, 2.24) is 19.6 Å². The van der Waals surface area contributed by atoms with Crippen LogP contribution >= 0.6 is 0 Å². The van der Waals surface area contributed by atoms with E-state index in [4.69, 9.17) is 5.73 Å².